The first-order valence-electron chi connectivity index (χ1n) is 6.09. The van der Waals surface area contributed by atoms with Crippen LogP contribution < -0.4 is 5.73 Å². The van der Waals surface area contributed by atoms with Crippen molar-refractivity contribution < 1.29 is 0 Å². The van der Waals surface area contributed by atoms with E-state index in [1.54, 1.807) is 11.8 Å². The van der Waals surface area contributed by atoms with Gasteiger partial charge in [-0.25, -0.2) is 4.98 Å². The first kappa shape index (κ1) is 12.5. The molecule has 0 spiro atoms. The van der Waals surface area contributed by atoms with Gasteiger partial charge in [0, 0.05) is 5.75 Å². The quantitative estimate of drug-likeness (QED) is 0.611. The van der Waals surface area contributed by atoms with Crippen molar-refractivity contribution in [3.8, 4) is 0 Å². The Morgan fingerprint density at radius 1 is 1.29 bits per heavy atom. The summed E-state index contributed by atoms with van der Waals surface area (Å²) in [5, 5.41) is 1.03. The van der Waals surface area contributed by atoms with E-state index in [9.17, 15) is 0 Å². The molecule has 0 aliphatic heterocycles. The predicted octanol–water partition coefficient (Wildman–Crippen LogP) is 3.09. The Hall–Kier alpha value is -1.00. The van der Waals surface area contributed by atoms with Gasteiger partial charge in [0.15, 0.2) is 5.16 Å². The van der Waals surface area contributed by atoms with E-state index >= 15 is 0 Å². The van der Waals surface area contributed by atoms with Gasteiger partial charge in [0.25, 0.3) is 0 Å². The van der Waals surface area contributed by atoms with Gasteiger partial charge < -0.3 is 10.7 Å². The smallest absolute Gasteiger partial charge is 0.166 e. The van der Waals surface area contributed by atoms with Crippen LogP contribution in [0.3, 0.4) is 0 Å². The molecule has 1 aromatic heterocycles. The van der Waals surface area contributed by atoms with Crippen LogP contribution in [-0.2, 0) is 0 Å². The maximum Gasteiger partial charge on any atom is 0.166 e. The second kappa shape index (κ2) is 6.07. The standard InChI is InChI=1S/C13H19N3S/c1-10-5-6-11-12(9-10)16-13(15-11)17-8-4-2-3-7-14/h5-6,9H,2-4,7-8,14H2,1H3,(H,15,16). The van der Waals surface area contributed by atoms with Gasteiger partial charge in [0.05, 0.1) is 11.0 Å². The SMILES string of the molecule is Cc1ccc2nc(SCCCCCN)[nH]c2c1. The van der Waals surface area contributed by atoms with Gasteiger partial charge in [-0.3, -0.25) is 0 Å². The Morgan fingerprint density at radius 2 is 2.18 bits per heavy atom. The normalized spacial score (nSPS) is 11.2. The van der Waals surface area contributed by atoms with Crippen molar-refractivity contribution in [3.05, 3.63) is 23.8 Å². The highest BCUT2D eigenvalue weighted by molar-refractivity contribution is 7.99. The minimum Gasteiger partial charge on any atom is -0.333 e. The van der Waals surface area contributed by atoms with Gasteiger partial charge in [0.1, 0.15) is 0 Å². The molecule has 3 N–H and O–H groups in total. The second-order valence-corrected chi connectivity index (χ2v) is 5.34. The van der Waals surface area contributed by atoms with E-state index in [0.717, 1.165) is 34.9 Å². The monoisotopic (exact) mass is 249 g/mol. The molecule has 0 saturated heterocycles. The van der Waals surface area contributed by atoms with Crippen molar-refractivity contribution in [3.63, 3.8) is 0 Å². The van der Waals surface area contributed by atoms with E-state index in [4.69, 9.17) is 5.73 Å². The van der Waals surface area contributed by atoms with Gasteiger partial charge in [-0.1, -0.05) is 24.2 Å². The zero-order chi connectivity index (χ0) is 12.1. The summed E-state index contributed by atoms with van der Waals surface area (Å²) in [5.74, 6) is 1.11. The molecule has 0 aliphatic rings. The molecule has 2 aromatic rings. The predicted molar refractivity (Wildman–Crippen MR) is 74.5 cm³/mol. The number of imidazole rings is 1. The molecule has 3 nitrogen and oxygen atoms in total. The van der Waals surface area contributed by atoms with Crippen LogP contribution in [0.5, 0.6) is 0 Å². The van der Waals surface area contributed by atoms with Gasteiger partial charge in [0.2, 0.25) is 0 Å². The highest BCUT2D eigenvalue weighted by atomic mass is 32.2. The summed E-state index contributed by atoms with van der Waals surface area (Å²) in [5.41, 5.74) is 8.92. The van der Waals surface area contributed by atoms with Crippen molar-refractivity contribution in [2.24, 2.45) is 5.73 Å². The first-order valence-corrected chi connectivity index (χ1v) is 7.07. The number of H-pyrrole nitrogens is 1. The molecule has 1 aromatic carbocycles. The highest BCUT2D eigenvalue weighted by Crippen LogP contribution is 2.21. The van der Waals surface area contributed by atoms with E-state index in [-0.39, 0.29) is 0 Å². The van der Waals surface area contributed by atoms with Crippen LogP contribution in [0.15, 0.2) is 23.4 Å². The van der Waals surface area contributed by atoms with Crippen LogP contribution in [0.25, 0.3) is 11.0 Å². The van der Waals surface area contributed by atoms with Gasteiger partial charge in [-0.05, 0) is 44.0 Å². The minimum absolute atomic E-state index is 0.800. The number of aromatic amines is 1. The molecule has 4 heteroatoms. The minimum atomic E-state index is 0.800. The number of aryl methyl sites for hydroxylation is 1. The Kier molecular flexibility index (Phi) is 4.45. The lowest BCUT2D eigenvalue weighted by Gasteiger charge is -1.97. The topological polar surface area (TPSA) is 54.7 Å². The molecule has 0 fully saturated rings. The molecular formula is C13H19N3S. The number of nitrogens with one attached hydrogen (secondary N) is 1. The van der Waals surface area contributed by atoms with Gasteiger partial charge in [-0.15, -0.1) is 0 Å². The van der Waals surface area contributed by atoms with E-state index in [0.29, 0.717) is 0 Å². The zero-order valence-corrected chi connectivity index (χ0v) is 11.0. The summed E-state index contributed by atoms with van der Waals surface area (Å²) in [6.45, 7) is 2.90. The van der Waals surface area contributed by atoms with Crippen molar-refractivity contribution in [2.45, 2.75) is 31.3 Å². The molecule has 17 heavy (non-hydrogen) atoms. The Bertz CT molecular complexity index is 478. The van der Waals surface area contributed by atoms with Gasteiger partial charge >= 0.3 is 0 Å². The van der Waals surface area contributed by atoms with Crippen LogP contribution in [0, 0.1) is 6.92 Å². The lowest BCUT2D eigenvalue weighted by molar-refractivity contribution is 0.732. The fraction of sp³-hybridized carbons (Fsp3) is 0.462. The van der Waals surface area contributed by atoms with Crippen molar-refractivity contribution in [1.29, 1.82) is 0 Å². The molecule has 0 aliphatic carbocycles. The molecule has 0 saturated carbocycles. The Labute approximate surface area is 106 Å². The van der Waals surface area contributed by atoms with Crippen LogP contribution in [0.2, 0.25) is 0 Å². The number of nitrogens with zero attached hydrogens (tertiary/aromatic N) is 1. The largest absolute Gasteiger partial charge is 0.333 e. The number of rotatable bonds is 6. The van der Waals surface area contributed by atoms with E-state index in [1.165, 1.54) is 18.4 Å². The number of aromatic nitrogens is 2. The maximum atomic E-state index is 5.46. The molecule has 0 unspecified atom stereocenters. The molecule has 2 rings (SSSR count). The first-order chi connectivity index (χ1) is 8.29. The number of nitrogens with two attached hydrogens (primary N) is 1. The molecule has 92 valence electrons. The number of benzene rings is 1. The van der Waals surface area contributed by atoms with Crippen LogP contribution in [0.4, 0.5) is 0 Å². The summed E-state index contributed by atoms with van der Waals surface area (Å²) >= 11 is 1.79. The zero-order valence-electron chi connectivity index (χ0n) is 10.2. The van der Waals surface area contributed by atoms with E-state index < -0.39 is 0 Å². The van der Waals surface area contributed by atoms with Crippen molar-refractivity contribution >= 4 is 22.8 Å². The Balaban J connectivity index is 1.91. The van der Waals surface area contributed by atoms with Crippen LogP contribution >= 0.6 is 11.8 Å². The number of thioether (sulfide) groups is 1. The molecule has 0 atom stereocenters. The van der Waals surface area contributed by atoms with Crippen molar-refractivity contribution in [1.82, 2.24) is 9.97 Å². The van der Waals surface area contributed by atoms with E-state index in [1.807, 2.05) is 0 Å². The average Bonchev–Trinajstić information content (AvgIpc) is 2.70. The average molecular weight is 249 g/mol. The molecule has 0 bridgehead atoms. The Morgan fingerprint density at radius 3 is 3.00 bits per heavy atom. The van der Waals surface area contributed by atoms with Crippen LogP contribution in [-0.4, -0.2) is 22.3 Å². The molecular weight excluding hydrogens is 230 g/mol. The van der Waals surface area contributed by atoms with Crippen LogP contribution in [0.1, 0.15) is 24.8 Å². The third kappa shape index (κ3) is 3.48. The third-order valence-corrected chi connectivity index (χ3v) is 3.66. The second-order valence-electron chi connectivity index (χ2n) is 4.26. The lowest BCUT2D eigenvalue weighted by atomic mass is 10.2. The molecule has 1 heterocycles. The highest BCUT2D eigenvalue weighted by Gasteiger charge is 2.02. The fourth-order valence-electron chi connectivity index (χ4n) is 1.76. The summed E-state index contributed by atoms with van der Waals surface area (Å²) in [6.07, 6.45) is 3.54. The van der Waals surface area contributed by atoms with Gasteiger partial charge in [-0.2, -0.15) is 0 Å². The molecule has 0 amide bonds. The number of hydrogen-bond donors (Lipinski definition) is 2. The summed E-state index contributed by atoms with van der Waals surface area (Å²) in [4.78, 5) is 7.91. The lowest BCUT2D eigenvalue weighted by Crippen LogP contribution is -1.97. The van der Waals surface area contributed by atoms with E-state index in [2.05, 4.69) is 35.1 Å². The summed E-state index contributed by atoms with van der Waals surface area (Å²) < 4.78 is 0. The fourth-order valence-corrected chi connectivity index (χ4v) is 2.65. The number of unbranched alkanes of at least 4 members (excludes halogenated alkanes) is 2. The number of hydrogen-bond acceptors (Lipinski definition) is 3. The summed E-state index contributed by atoms with van der Waals surface area (Å²) in [7, 11) is 0. The number of fused-ring (bicyclic) bond motifs is 1. The molecule has 0 radical (unpaired) electrons. The maximum absolute atomic E-state index is 5.46. The summed E-state index contributed by atoms with van der Waals surface area (Å²) in [6, 6.07) is 6.30. The third-order valence-electron chi connectivity index (χ3n) is 2.70. The van der Waals surface area contributed by atoms with Crippen molar-refractivity contribution in [2.75, 3.05) is 12.3 Å².